The van der Waals surface area contributed by atoms with Gasteiger partial charge in [0.2, 0.25) is 0 Å². The number of hydrogen-bond acceptors (Lipinski definition) is 1. The number of carbonyl (C=O) groups is 1. The SMILES string of the molecule is CC1CC1(C(=O)O)[Si](C)(C)c1ccccc1. The first-order valence-corrected chi connectivity index (χ1v) is 8.72. The van der Waals surface area contributed by atoms with E-state index in [-0.39, 0.29) is 0 Å². The minimum atomic E-state index is -1.92. The van der Waals surface area contributed by atoms with Gasteiger partial charge in [-0.1, -0.05) is 55.5 Å². The number of carboxylic acids is 1. The standard InChI is InChI=1S/C13H18O2Si/c1-10-9-13(10,12(14)15)16(2,3)11-7-5-4-6-8-11/h4-8,10H,9H2,1-3H3,(H,14,15). The summed E-state index contributed by atoms with van der Waals surface area (Å²) in [6.07, 6.45) is 0.844. The number of aliphatic carboxylic acids is 1. The zero-order valence-electron chi connectivity index (χ0n) is 10.0. The summed E-state index contributed by atoms with van der Waals surface area (Å²) in [5.41, 5.74) is 0. The molecule has 16 heavy (non-hydrogen) atoms. The minimum Gasteiger partial charge on any atom is -0.481 e. The zero-order chi connectivity index (χ0) is 12.0. The van der Waals surface area contributed by atoms with Crippen molar-refractivity contribution in [3.05, 3.63) is 30.3 Å². The number of hydrogen-bond donors (Lipinski definition) is 1. The summed E-state index contributed by atoms with van der Waals surface area (Å²) in [4.78, 5) is 11.5. The van der Waals surface area contributed by atoms with Gasteiger partial charge in [0, 0.05) is 0 Å². The summed E-state index contributed by atoms with van der Waals surface area (Å²) in [6.45, 7) is 6.42. The van der Waals surface area contributed by atoms with E-state index in [1.165, 1.54) is 5.19 Å². The second-order valence-corrected chi connectivity index (χ2v) is 10.1. The Kier molecular flexibility index (Phi) is 2.46. The molecule has 2 unspecified atom stereocenters. The van der Waals surface area contributed by atoms with Gasteiger partial charge in [-0.3, -0.25) is 4.79 Å². The minimum absolute atomic E-state index is 0.326. The molecule has 0 amide bonds. The summed E-state index contributed by atoms with van der Waals surface area (Å²) in [7, 11) is -1.92. The number of carboxylic acid groups (broad SMARTS) is 1. The van der Waals surface area contributed by atoms with Crippen LogP contribution in [0.3, 0.4) is 0 Å². The second kappa shape index (κ2) is 3.45. The Balaban J connectivity index is 2.44. The van der Waals surface area contributed by atoms with Gasteiger partial charge in [0.25, 0.3) is 0 Å². The molecule has 86 valence electrons. The molecule has 0 aromatic heterocycles. The lowest BCUT2D eigenvalue weighted by molar-refractivity contribution is -0.138. The first-order valence-electron chi connectivity index (χ1n) is 5.72. The van der Waals surface area contributed by atoms with Crippen LogP contribution in [-0.4, -0.2) is 19.1 Å². The molecule has 2 atom stereocenters. The smallest absolute Gasteiger partial charge is 0.307 e. The van der Waals surface area contributed by atoms with E-state index in [2.05, 4.69) is 32.2 Å². The van der Waals surface area contributed by atoms with Gasteiger partial charge in [-0.05, 0) is 12.3 Å². The lowest BCUT2D eigenvalue weighted by Gasteiger charge is -2.31. The summed E-state index contributed by atoms with van der Waals surface area (Å²) < 4.78 is 0. The third-order valence-electron chi connectivity index (χ3n) is 4.30. The van der Waals surface area contributed by atoms with Crippen molar-refractivity contribution in [3.8, 4) is 0 Å². The van der Waals surface area contributed by atoms with Crippen molar-refractivity contribution >= 4 is 19.2 Å². The maximum Gasteiger partial charge on any atom is 0.307 e. The Morgan fingerprint density at radius 1 is 1.38 bits per heavy atom. The van der Waals surface area contributed by atoms with E-state index >= 15 is 0 Å². The number of benzene rings is 1. The molecule has 0 radical (unpaired) electrons. The van der Waals surface area contributed by atoms with Gasteiger partial charge in [-0.2, -0.15) is 0 Å². The van der Waals surface area contributed by atoms with Crippen LogP contribution in [0, 0.1) is 5.92 Å². The summed E-state index contributed by atoms with van der Waals surface area (Å²) in [5, 5.41) is 10.3. The molecule has 1 aromatic rings. The largest absolute Gasteiger partial charge is 0.481 e. The monoisotopic (exact) mass is 234 g/mol. The molecule has 1 aliphatic rings. The average molecular weight is 234 g/mol. The quantitative estimate of drug-likeness (QED) is 0.816. The van der Waals surface area contributed by atoms with Gasteiger partial charge < -0.3 is 5.11 Å². The molecule has 0 spiro atoms. The van der Waals surface area contributed by atoms with Gasteiger partial charge in [-0.25, -0.2) is 0 Å². The van der Waals surface area contributed by atoms with Crippen LogP contribution in [0.25, 0.3) is 0 Å². The fourth-order valence-corrected chi connectivity index (χ4v) is 7.10. The molecule has 0 heterocycles. The summed E-state index contributed by atoms with van der Waals surface area (Å²) in [6, 6.07) is 10.2. The van der Waals surface area contributed by atoms with E-state index in [0.29, 0.717) is 5.92 Å². The van der Waals surface area contributed by atoms with Crippen molar-refractivity contribution in [1.29, 1.82) is 0 Å². The van der Waals surface area contributed by atoms with Gasteiger partial charge in [0.1, 0.15) is 0 Å². The molecule has 2 rings (SSSR count). The van der Waals surface area contributed by atoms with Crippen LogP contribution in [0.4, 0.5) is 0 Å². The van der Waals surface area contributed by atoms with Crippen molar-refractivity contribution in [2.45, 2.75) is 31.5 Å². The summed E-state index contributed by atoms with van der Waals surface area (Å²) in [5.74, 6) is -0.271. The first kappa shape index (κ1) is 11.4. The Hall–Kier alpha value is -1.09. The Morgan fingerprint density at radius 2 is 1.88 bits per heavy atom. The maximum atomic E-state index is 11.5. The fourth-order valence-electron chi connectivity index (χ4n) is 2.97. The molecule has 1 N–H and O–H groups in total. The number of rotatable bonds is 3. The van der Waals surface area contributed by atoms with Crippen molar-refractivity contribution in [2.75, 3.05) is 0 Å². The molecule has 2 nitrogen and oxygen atoms in total. The van der Waals surface area contributed by atoms with E-state index in [0.717, 1.165) is 6.42 Å². The predicted octanol–water partition coefficient (Wildman–Crippen LogP) is 2.47. The van der Waals surface area contributed by atoms with Gasteiger partial charge >= 0.3 is 5.97 Å². The molecule has 1 aromatic carbocycles. The Labute approximate surface area is 97.3 Å². The van der Waals surface area contributed by atoms with Crippen molar-refractivity contribution in [1.82, 2.24) is 0 Å². The molecule has 0 bridgehead atoms. The molecular formula is C13H18O2Si. The van der Waals surface area contributed by atoms with Gasteiger partial charge in [-0.15, -0.1) is 0 Å². The van der Waals surface area contributed by atoms with E-state index in [1.807, 2.05) is 18.2 Å². The van der Waals surface area contributed by atoms with E-state index in [4.69, 9.17) is 0 Å². The first-order chi connectivity index (χ1) is 7.43. The van der Waals surface area contributed by atoms with Crippen LogP contribution in [0.2, 0.25) is 18.1 Å². The van der Waals surface area contributed by atoms with Crippen LogP contribution < -0.4 is 5.19 Å². The van der Waals surface area contributed by atoms with Crippen molar-refractivity contribution < 1.29 is 9.90 Å². The second-order valence-electron chi connectivity index (χ2n) is 5.37. The average Bonchev–Trinajstić information content (AvgIpc) is 2.93. The lowest BCUT2D eigenvalue weighted by atomic mass is 10.3. The maximum absolute atomic E-state index is 11.5. The third kappa shape index (κ3) is 1.34. The molecule has 0 aliphatic heterocycles. The summed E-state index contributed by atoms with van der Waals surface area (Å²) >= 11 is 0. The van der Waals surface area contributed by atoms with Gasteiger partial charge in [0.15, 0.2) is 0 Å². The molecule has 1 fully saturated rings. The molecule has 3 heteroatoms. The molecule has 1 aliphatic carbocycles. The van der Waals surface area contributed by atoms with Crippen LogP contribution >= 0.6 is 0 Å². The highest BCUT2D eigenvalue weighted by molar-refractivity contribution is 6.95. The third-order valence-corrected chi connectivity index (χ3v) is 9.22. The highest BCUT2D eigenvalue weighted by atomic mass is 28.3. The van der Waals surface area contributed by atoms with Crippen LogP contribution in [-0.2, 0) is 4.79 Å². The van der Waals surface area contributed by atoms with Gasteiger partial charge in [0.05, 0.1) is 13.1 Å². The topological polar surface area (TPSA) is 37.3 Å². The predicted molar refractivity (Wildman–Crippen MR) is 67.7 cm³/mol. The Bertz CT molecular complexity index is 413. The zero-order valence-corrected chi connectivity index (χ0v) is 11.0. The fraction of sp³-hybridized carbons (Fsp3) is 0.462. The van der Waals surface area contributed by atoms with E-state index in [9.17, 15) is 9.90 Å². The molecular weight excluding hydrogens is 216 g/mol. The highest BCUT2D eigenvalue weighted by Crippen LogP contribution is 2.65. The van der Waals surface area contributed by atoms with E-state index < -0.39 is 19.1 Å². The van der Waals surface area contributed by atoms with Crippen molar-refractivity contribution in [2.24, 2.45) is 5.92 Å². The highest BCUT2D eigenvalue weighted by Gasteiger charge is 2.67. The molecule has 1 saturated carbocycles. The molecule has 0 saturated heterocycles. The van der Waals surface area contributed by atoms with E-state index in [1.54, 1.807) is 0 Å². The van der Waals surface area contributed by atoms with Crippen LogP contribution in [0.15, 0.2) is 30.3 Å². The normalized spacial score (nSPS) is 28.8. The Morgan fingerprint density at radius 3 is 2.25 bits per heavy atom. The van der Waals surface area contributed by atoms with Crippen LogP contribution in [0.5, 0.6) is 0 Å². The van der Waals surface area contributed by atoms with Crippen molar-refractivity contribution in [3.63, 3.8) is 0 Å². The van der Waals surface area contributed by atoms with Crippen LogP contribution in [0.1, 0.15) is 13.3 Å². The lowest BCUT2D eigenvalue weighted by Crippen LogP contribution is -2.50.